The molecule has 2 aromatic heterocycles. The predicted octanol–water partition coefficient (Wildman–Crippen LogP) is 2.39. The van der Waals surface area contributed by atoms with Gasteiger partial charge in [0.05, 0.1) is 6.54 Å². The number of benzene rings is 1. The van der Waals surface area contributed by atoms with Gasteiger partial charge >= 0.3 is 0 Å². The molecule has 0 aliphatic carbocycles. The summed E-state index contributed by atoms with van der Waals surface area (Å²) in [5.41, 5.74) is 1.07. The lowest BCUT2D eigenvalue weighted by Crippen LogP contribution is -2.19. The van der Waals surface area contributed by atoms with E-state index in [0.717, 1.165) is 5.56 Å². The number of pyridine rings is 1. The third kappa shape index (κ3) is 2.89. The first kappa shape index (κ1) is 13.2. The van der Waals surface area contributed by atoms with Gasteiger partial charge < -0.3 is 8.98 Å². The highest BCUT2D eigenvalue weighted by Crippen LogP contribution is 2.15. The van der Waals surface area contributed by atoms with Crippen molar-refractivity contribution in [2.75, 3.05) is 0 Å². The van der Waals surface area contributed by atoms with E-state index < -0.39 is 0 Å². The van der Waals surface area contributed by atoms with Gasteiger partial charge in [-0.2, -0.15) is 0 Å². The van der Waals surface area contributed by atoms with Gasteiger partial charge in [0.15, 0.2) is 0 Å². The molecule has 0 bridgehead atoms. The molecule has 0 atom stereocenters. The Labute approximate surface area is 119 Å². The maximum absolute atomic E-state index is 13.1. The molecular formula is C15H12FN3O2. The molecule has 0 radical (unpaired) electrons. The number of hydrogen-bond donors (Lipinski definition) is 0. The lowest BCUT2D eigenvalue weighted by Gasteiger charge is -2.06. The Kier molecular flexibility index (Phi) is 3.35. The standard InChI is InChI=1S/C15H12FN3O2/c1-10-17-18-15(21-10)12-5-6-19(14(20)8-12)9-11-3-2-4-13(16)7-11/h2-8H,9H2,1H3. The van der Waals surface area contributed by atoms with Gasteiger partial charge in [0, 0.05) is 24.8 Å². The molecule has 0 fully saturated rings. The Morgan fingerprint density at radius 1 is 1.24 bits per heavy atom. The Morgan fingerprint density at radius 3 is 2.76 bits per heavy atom. The van der Waals surface area contributed by atoms with E-state index in [1.54, 1.807) is 31.3 Å². The third-order valence-electron chi connectivity index (χ3n) is 3.01. The number of aromatic nitrogens is 3. The van der Waals surface area contributed by atoms with Crippen LogP contribution in [0, 0.1) is 12.7 Å². The van der Waals surface area contributed by atoms with Gasteiger partial charge in [-0.05, 0) is 23.8 Å². The van der Waals surface area contributed by atoms with E-state index in [1.165, 1.54) is 22.8 Å². The molecule has 2 heterocycles. The predicted molar refractivity (Wildman–Crippen MR) is 74.2 cm³/mol. The fourth-order valence-electron chi connectivity index (χ4n) is 2.02. The van der Waals surface area contributed by atoms with Crippen molar-refractivity contribution < 1.29 is 8.81 Å². The van der Waals surface area contributed by atoms with E-state index in [0.29, 0.717) is 23.9 Å². The molecule has 0 aliphatic heterocycles. The van der Waals surface area contributed by atoms with Crippen LogP contribution >= 0.6 is 0 Å². The second kappa shape index (κ2) is 5.32. The van der Waals surface area contributed by atoms with Crippen LogP contribution in [-0.4, -0.2) is 14.8 Å². The summed E-state index contributed by atoms with van der Waals surface area (Å²) >= 11 is 0. The molecule has 0 aliphatic rings. The summed E-state index contributed by atoms with van der Waals surface area (Å²) in [4.78, 5) is 12.1. The van der Waals surface area contributed by atoms with E-state index in [2.05, 4.69) is 10.2 Å². The van der Waals surface area contributed by atoms with Crippen LogP contribution in [-0.2, 0) is 6.54 Å². The molecule has 0 saturated heterocycles. The molecule has 3 rings (SSSR count). The minimum atomic E-state index is -0.321. The van der Waals surface area contributed by atoms with Crippen LogP contribution in [0.5, 0.6) is 0 Å². The van der Waals surface area contributed by atoms with Gasteiger partial charge in [0.1, 0.15) is 5.82 Å². The van der Waals surface area contributed by atoms with Crippen molar-refractivity contribution in [3.8, 4) is 11.5 Å². The van der Waals surface area contributed by atoms with Gasteiger partial charge in [-0.1, -0.05) is 12.1 Å². The van der Waals surface area contributed by atoms with Gasteiger partial charge in [-0.3, -0.25) is 4.79 Å². The van der Waals surface area contributed by atoms with Gasteiger partial charge in [-0.25, -0.2) is 4.39 Å². The van der Waals surface area contributed by atoms with Crippen LogP contribution in [0.4, 0.5) is 4.39 Å². The molecule has 3 aromatic rings. The van der Waals surface area contributed by atoms with Crippen molar-refractivity contribution in [2.24, 2.45) is 0 Å². The highest BCUT2D eigenvalue weighted by Gasteiger charge is 2.08. The Morgan fingerprint density at radius 2 is 2.10 bits per heavy atom. The Balaban J connectivity index is 1.90. The van der Waals surface area contributed by atoms with Gasteiger partial charge in [-0.15, -0.1) is 10.2 Å². The number of aryl methyl sites for hydroxylation is 1. The fraction of sp³-hybridized carbons (Fsp3) is 0.133. The smallest absolute Gasteiger partial charge is 0.251 e. The van der Waals surface area contributed by atoms with Crippen molar-refractivity contribution in [3.05, 3.63) is 70.2 Å². The van der Waals surface area contributed by atoms with Crippen LogP contribution in [0.3, 0.4) is 0 Å². The zero-order chi connectivity index (χ0) is 14.8. The second-order valence-corrected chi connectivity index (χ2v) is 4.64. The summed E-state index contributed by atoms with van der Waals surface area (Å²) in [5.74, 6) is 0.426. The van der Waals surface area contributed by atoms with Crippen molar-refractivity contribution in [3.63, 3.8) is 0 Å². The monoisotopic (exact) mass is 285 g/mol. The minimum absolute atomic E-state index is 0.215. The summed E-state index contributed by atoms with van der Waals surface area (Å²) in [6.45, 7) is 1.99. The van der Waals surface area contributed by atoms with Crippen LogP contribution in [0.25, 0.3) is 11.5 Å². The molecule has 1 aromatic carbocycles. The maximum Gasteiger partial charge on any atom is 0.251 e. The minimum Gasteiger partial charge on any atom is -0.421 e. The van der Waals surface area contributed by atoms with Gasteiger partial charge in [0.25, 0.3) is 5.56 Å². The SMILES string of the molecule is Cc1nnc(-c2ccn(Cc3cccc(F)c3)c(=O)c2)o1. The fourth-order valence-corrected chi connectivity index (χ4v) is 2.02. The maximum atomic E-state index is 13.1. The quantitative estimate of drug-likeness (QED) is 0.741. The highest BCUT2D eigenvalue weighted by molar-refractivity contribution is 5.50. The second-order valence-electron chi connectivity index (χ2n) is 4.64. The van der Waals surface area contributed by atoms with Crippen LogP contribution in [0.15, 0.2) is 51.8 Å². The van der Waals surface area contributed by atoms with Crippen molar-refractivity contribution in [1.82, 2.24) is 14.8 Å². The Hall–Kier alpha value is -2.76. The first-order chi connectivity index (χ1) is 10.1. The first-order valence-corrected chi connectivity index (χ1v) is 6.37. The first-order valence-electron chi connectivity index (χ1n) is 6.37. The molecule has 0 N–H and O–H groups in total. The van der Waals surface area contributed by atoms with E-state index in [4.69, 9.17) is 4.42 Å². The molecule has 106 valence electrons. The molecule has 21 heavy (non-hydrogen) atoms. The molecular weight excluding hydrogens is 273 g/mol. The van der Waals surface area contributed by atoms with E-state index in [-0.39, 0.29) is 11.4 Å². The normalized spacial score (nSPS) is 10.8. The zero-order valence-corrected chi connectivity index (χ0v) is 11.3. The lowest BCUT2D eigenvalue weighted by molar-refractivity contribution is 0.532. The molecule has 5 nitrogen and oxygen atoms in total. The van der Waals surface area contributed by atoms with E-state index >= 15 is 0 Å². The van der Waals surface area contributed by atoms with Crippen molar-refractivity contribution in [1.29, 1.82) is 0 Å². The zero-order valence-electron chi connectivity index (χ0n) is 11.3. The number of rotatable bonds is 3. The van der Waals surface area contributed by atoms with E-state index in [1.807, 2.05) is 0 Å². The van der Waals surface area contributed by atoms with Crippen LogP contribution < -0.4 is 5.56 Å². The summed E-state index contributed by atoms with van der Waals surface area (Å²) < 4.78 is 19.9. The topological polar surface area (TPSA) is 60.9 Å². The molecule has 0 saturated carbocycles. The molecule has 0 amide bonds. The molecule has 0 unspecified atom stereocenters. The largest absolute Gasteiger partial charge is 0.421 e. The highest BCUT2D eigenvalue weighted by atomic mass is 19.1. The molecule has 6 heteroatoms. The average Bonchev–Trinajstić information content (AvgIpc) is 2.88. The van der Waals surface area contributed by atoms with Crippen LogP contribution in [0.1, 0.15) is 11.5 Å². The van der Waals surface area contributed by atoms with E-state index in [9.17, 15) is 9.18 Å². The van der Waals surface area contributed by atoms with Crippen LogP contribution in [0.2, 0.25) is 0 Å². The summed E-state index contributed by atoms with van der Waals surface area (Å²) in [6, 6.07) is 9.30. The van der Waals surface area contributed by atoms with Gasteiger partial charge in [0.2, 0.25) is 11.8 Å². The average molecular weight is 285 g/mol. The Bertz CT molecular complexity index is 839. The number of halogens is 1. The summed E-state index contributed by atoms with van der Waals surface area (Å²) in [6.07, 6.45) is 1.63. The number of nitrogens with zero attached hydrogens (tertiary/aromatic N) is 3. The van der Waals surface area contributed by atoms with Crippen molar-refractivity contribution in [2.45, 2.75) is 13.5 Å². The number of hydrogen-bond acceptors (Lipinski definition) is 4. The third-order valence-corrected chi connectivity index (χ3v) is 3.01. The summed E-state index contributed by atoms with van der Waals surface area (Å²) in [5, 5.41) is 7.59. The summed E-state index contributed by atoms with van der Waals surface area (Å²) in [7, 11) is 0. The lowest BCUT2D eigenvalue weighted by atomic mass is 10.2. The van der Waals surface area contributed by atoms with Crippen molar-refractivity contribution >= 4 is 0 Å². The molecule has 0 spiro atoms.